The first-order chi connectivity index (χ1) is 8.13. The van der Waals surface area contributed by atoms with Crippen LogP contribution in [-0.2, 0) is 0 Å². The minimum atomic E-state index is -0.154. The van der Waals surface area contributed by atoms with Gasteiger partial charge >= 0.3 is 0 Å². The zero-order valence-corrected chi connectivity index (χ0v) is 11.2. The van der Waals surface area contributed by atoms with E-state index in [0.29, 0.717) is 26.2 Å². The van der Waals surface area contributed by atoms with Crippen LogP contribution in [0.25, 0.3) is 0 Å². The molecule has 0 saturated carbocycles. The van der Waals surface area contributed by atoms with Crippen LogP contribution in [0.4, 0.5) is 0 Å². The van der Waals surface area contributed by atoms with Crippen LogP contribution in [0.15, 0.2) is 29.6 Å². The summed E-state index contributed by atoms with van der Waals surface area (Å²) in [6.07, 6.45) is 0. The fourth-order valence-corrected chi connectivity index (χ4v) is 2.69. The monoisotopic (exact) mass is 286 g/mol. The van der Waals surface area contributed by atoms with Gasteiger partial charge in [0.1, 0.15) is 5.75 Å². The molecule has 0 bridgehead atoms. The lowest BCUT2D eigenvalue weighted by Crippen LogP contribution is -2.02. The van der Waals surface area contributed by atoms with Gasteiger partial charge in [-0.05, 0) is 29.6 Å². The van der Waals surface area contributed by atoms with Crippen molar-refractivity contribution < 1.29 is 9.53 Å². The Labute approximate surface area is 113 Å². The van der Waals surface area contributed by atoms with Crippen LogP contribution < -0.4 is 4.74 Å². The average Bonchev–Trinajstić information content (AvgIpc) is 2.74. The maximum absolute atomic E-state index is 12.2. The minimum Gasteiger partial charge on any atom is -0.496 e. The SMILES string of the molecule is COc1cc(Cl)ccc1C(=O)c1sccc1Cl. The second kappa shape index (κ2) is 5.08. The van der Waals surface area contributed by atoms with Gasteiger partial charge in [0.2, 0.25) is 5.78 Å². The van der Waals surface area contributed by atoms with Crippen LogP contribution in [0, 0.1) is 0 Å². The zero-order chi connectivity index (χ0) is 12.4. The van der Waals surface area contributed by atoms with Crippen LogP contribution in [0.2, 0.25) is 10.0 Å². The summed E-state index contributed by atoms with van der Waals surface area (Å²) in [5, 5.41) is 2.76. The van der Waals surface area contributed by atoms with Crippen molar-refractivity contribution in [3.63, 3.8) is 0 Å². The zero-order valence-electron chi connectivity index (χ0n) is 8.87. The number of benzene rings is 1. The molecule has 0 amide bonds. The lowest BCUT2D eigenvalue weighted by molar-refractivity contribution is 0.104. The van der Waals surface area contributed by atoms with E-state index in [2.05, 4.69) is 0 Å². The van der Waals surface area contributed by atoms with Gasteiger partial charge in [-0.25, -0.2) is 0 Å². The van der Waals surface area contributed by atoms with Crippen LogP contribution in [0.3, 0.4) is 0 Å². The highest BCUT2D eigenvalue weighted by atomic mass is 35.5. The van der Waals surface area contributed by atoms with E-state index >= 15 is 0 Å². The Kier molecular flexibility index (Phi) is 3.72. The maximum atomic E-state index is 12.2. The first-order valence-corrected chi connectivity index (χ1v) is 6.38. The number of rotatable bonds is 3. The van der Waals surface area contributed by atoms with Crippen molar-refractivity contribution in [3.8, 4) is 5.75 Å². The molecule has 17 heavy (non-hydrogen) atoms. The summed E-state index contributed by atoms with van der Waals surface area (Å²) in [6, 6.07) is 6.59. The summed E-state index contributed by atoms with van der Waals surface area (Å²) in [6.45, 7) is 0. The fourth-order valence-electron chi connectivity index (χ4n) is 1.43. The molecule has 0 atom stereocenters. The number of carbonyl (C=O) groups is 1. The van der Waals surface area contributed by atoms with Gasteiger partial charge in [-0.2, -0.15) is 0 Å². The lowest BCUT2D eigenvalue weighted by atomic mass is 10.1. The average molecular weight is 287 g/mol. The van der Waals surface area contributed by atoms with Crippen molar-refractivity contribution in [2.75, 3.05) is 7.11 Å². The van der Waals surface area contributed by atoms with E-state index in [1.54, 1.807) is 29.6 Å². The molecule has 0 saturated heterocycles. The predicted octanol–water partition coefficient (Wildman–Crippen LogP) is 4.29. The third kappa shape index (κ3) is 2.46. The Hall–Kier alpha value is -1.03. The molecule has 0 aliphatic carbocycles. The number of carbonyl (C=O) groups excluding carboxylic acids is 1. The van der Waals surface area contributed by atoms with Crippen molar-refractivity contribution in [1.29, 1.82) is 0 Å². The summed E-state index contributed by atoms with van der Waals surface area (Å²) >= 11 is 13.1. The van der Waals surface area contributed by atoms with E-state index in [4.69, 9.17) is 27.9 Å². The molecule has 1 aromatic heterocycles. The molecule has 5 heteroatoms. The lowest BCUT2D eigenvalue weighted by Gasteiger charge is -2.07. The molecule has 88 valence electrons. The van der Waals surface area contributed by atoms with Gasteiger partial charge in [-0.1, -0.05) is 23.2 Å². The molecule has 0 radical (unpaired) electrons. The van der Waals surface area contributed by atoms with Crippen LogP contribution in [0.5, 0.6) is 5.75 Å². The Morgan fingerprint density at radius 3 is 2.65 bits per heavy atom. The molecule has 0 aliphatic rings. The van der Waals surface area contributed by atoms with E-state index in [-0.39, 0.29) is 5.78 Å². The van der Waals surface area contributed by atoms with Crippen molar-refractivity contribution in [2.45, 2.75) is 0 Å². The minimum absolute atomic E-state index is 0.154. The van der Waals surface area contributed by atoms with Gasteiger partial charge in [-0.3, -0.25) is 4.79 Å². The Bertz CT molecular complexity index is 563. The Balaban J connectivity index is 2.48. The highest BCUT2D eigenvalue weighted by Gasteiger charge is 2.18. The molecule has 2 aromatic rings. The normalized spacial score (nSPS) is 10.3. The van der Waals surface area contributed by atoms with Gasteiger partial charge in [0.15, 0.2) is 0 Å². The molecular weight excluding hydrogens is 279 g/mol. The van der Waals surface area contributed by atoms with E-state index in [0.717, 1.165) is 0 Å². The third-order valence-corrected chi connectivity index (χ3v) is 3.81. The molecule has 0 unspecified atom stereocenters. The van der Waals surface area contributed by atoms with Crippen LogP contribution in [0.1, 0.15) is 15.2 Å². The number of hydrogen-bond acceptors (Lipinski definition) is 3. The summed E-state index contributed by atoms with van der Waals surface area (Å²) in [4.78, 5) is 12.7. The van der Waals surface area contributed by atoms with Gasteiger partial charge in [0.25, 0.3) is 0 Å². The quantitative estimate of drug-likeness (QED) is 0.787. The Morgan fingerprint density at radius 2 is 2.06 bits per heavy atom. The number of halogens is 2. The third-order valence-electron chi connectivity index (χ3n) is 2.23. The number of methoxy groups -OCH3 is 1. The molecule has 1 heterocycles. The summed E-state index contributed by atoms with van der Waals surface area (Å²) in [7, 11) is 1.50. The number of ether oxygens (including phenoxy) is 1. The largest absolute Gasteiger partial charge is 0.496 e. The highest BCUT2D eigenvalue weighted by Crippen LogP contribution is 2.30. The van der Waals surface area contributed by atoms with E-state index in [9.17, 15) is 4.79 Å². The summed E-state index contributed by atoms with van der Waals surface area (Å²) < 4.78 is 5.14. The van der Waals surface area contributed by atoms with Gasteiger partial charge < -0.3 is 4.74 Å². The second-order valence-corrected chi connectivity index (χ2v) is 5.03. The van der Waals surface area contributed by atoms with Crippen molar-refractivity contribution in [2.24, 2.45) is 0 Å². The molecule has 0 spiro atoms. The smallest absolute Gasteiger partial charge is 0.208 e. The van der Waals surface area contributed by atoms with E-state index in [1.165, 1.54) is 18.4 Å². The topological polar surface area (TPSA) is 26.3 Å². The van der Waals surface area contributed by atoms with E-state index in [1.807, 2.05) is 0 Å². The predicted molar refractivity (Wildman–Crippen MR) is 70.8 cm³/mol. The maximum Gasteiger partial charge on any atom is 0.208 e. The van der Waals surface area contributed by atoms with Crippen molar-refractivity contribution in [1.82, 2.24) is 0 Å². The molecule has 2 rings (SSSR count). The fraction of sp³-hybridized carbons (Fsp3) is 0.0833. The number of thiophene rings is 1. The second-order valence-electron chi connectivity index (χ2n) is 3.27. The van der Waals surface area contributed by atoms with Crippen molar-refractivity contribution >= 4 is 40.3 Å². The van der Waals surface area contributed by atoms with Crippen molar-refractivity contribution in [3.05, 3.63) is 50.1 Å². The molecule has 0 N–H and O–H groups in total. The molecule has 2 nitrogen and oxygen atoms in total. The first kappa shape index (κ1) is 12.4. The first-order valence-electron chi connectivity index (χ1n) is 4.74. The standard InChI is InChI=1S/C12H8Cl2O2S/c1-16-10-6-7(13)2-3-8(10)11(15)12-9(14)4-5-17-12/h2-6H,1H3. The summed E-state index contributed by atoms with van der Waals surface area (Å²) in [5.41, 5.74) is 0.459. The van der Waals surface area contributed by atoms with Crippen LogP contribution >= 0.6 is 34.5 Å². The van der Waals surface area contributed by atoms with Crippen LogP contribution in [-0.4, -0.2) is 12.9 Å². The van der Waals surface area contributed by atoms with Gasteiger partial charge in [0.05, 0.1) is 22.6 Å². The molecule has 1 aromatic carbocycles. The summed E-state index contributed by atoms with van der Waals surface area (Å²) in [5.74, 6) is 0.297. The molecular formula is C12H8Cl2O2S. The van der Waals surface area contributed by atoms with E-state index < -0.39 is 0 Å². The number of hydrogen-bond donors (Lipinski definition) is 0. The highest BCUT2D eigenvalue weighted by molar-refractivity contribution is 7.13. The Morgan fingerprint density at radius 1 is 1.29 bits per heavy atom. The molecule has 0 aliphatic heterocycles. The van der Waals surface area contributed by atoms with Gasteiger partial charge in [0, 0.05) is 5.02 Å². The molecule has 0 fully saturated rings. The number of ketones is 1. The van der Waals surface area contributed by atoms with Gasteiger partial charge in [-0.15, -0.1) is 11.3 Å².